The van der Waals surface area contributed by atoms with Crippen molar-refractivity contribution < 1.29 is 15.2 Å². The van der Waals surface area contributed by atoms with Gasteiger partial charge < -0.3 is 15.2 Å². The number of benzene rings is 1. The Morgan fingerprint density at radius 3 is 2.37 bits per heavy atom. The van der Waals surface area contributed by atoms with E-state index in [0.717, 1.165) is 6.42 Å². The van der Waals surface area contributed by atoms with Gasteiger partial charge in [0.15, 0.2) is 0 Å². The lowest BCUT2D eigenvalue weighted by atomic mass is 10.1. The Labute approximate surface area is 117 Å². The van der Waals surface area contributed by atoms with Crippen LogP contribution in [-0.4, -0.2) is 29.9 Å². The van der Waals surface area contributed by atoms with E-state index < -0.39 is 6.10 Å². The van der Waals surface area contributed by atoms with Crippen LogP contribution in [0.2, 0.25) is 0 Å². The van der Waals surface area contributed by atoms with Gasteiger partial charge in [0.1, 0.15) is 12.6 Å². The molecule has 3 nitrogen and oxygen atoms in total. The zero-order chi connectivity index (χ0) is 14.3. The molecule has 19 heavy (non-hydrogen) atoms. The van der Waals surface area contributed by atoms with E-state index in [0.29, 0.717) is 13.2 Å². The predicted octanol–water partition coefficient (Wildman–Crippen LogP) is 1.88. The number of nitrogens with two attached hydrogens (primary N) is 1. The van der Waals surface area contributed by atoms with Crippen LogP contribution in [0.3, 0.4) is 0 Å². The lowest BCUT2D eigenvalue weighted by Crippen LogP contribution is -2.96. The summed E-state index contributed by atoms with van der Waals surface area (Å²) in [5.41, 5.74) is 1.32. The third-order valence-electron chi connectivity index (χ3n) is 3.03. The lowest BCUT2D eigenvalue weighted by Gasteiger charge is -2.21. The molecule has 1 aromatic rings. The summed E-state index contributed by atoms with van der Waals surface area (Å²) in [7, 11) is 0. The normalized spacial score (nSPS) is 15.2. The maximum atomic E-state index is 9.95. The first-order valence-electron chi connectivity index (χ1n) is 7.11. The molecular weight excluding hydrogens is 238 g/mol. The van der Waals surface area contributed by atoms with Crippen molar-refractivity contribution in [2.75, 3.05) is 13.2 Å². The average molecular weight is 266 g/mol. The average Bonchev–Trinajstić information content (AvgIpc) is 2.37. The molecule has 0 saturated heterocycles. The predicted molar refractivity (Wildman–Crippen MR) is 78.0 cm³/mol. The zero-order valence-electron chi connectivity index (χ0n) is 12.6. The van der Waals surface area contributed by atoms with Crippen LogP contribution >= 0.6 is 0 Å². The topological polar surface area (TPSA) is 46.1 Å². The van der Waals surface area contributed by atoms with Crippen molar-refractivity contribution in [3.05, 3.63) is 35.9 Å². The molecule has 0 radical (unpaired) electrons. The van der Waals surface area contributed by atoms with Gasteiger partial charge in [0, 0.05) is 0 Å². The van der Waals surface area contributed by atoms with Crippen LogP contribution in [0.4, 0.5) is 0 Å². The fourth-order valence-corrected chi connectivity index (χ4v) is 1.90. The van der Waals surface area contributed by atoms with E-state index in [1.807, 2.05) is 18.2 Å². The molecule has 1 aromatic carbocycles. The highest BCUT2D eigenvalue weighted by Gasteiger charge is 2.18. The molecule has 0 aromatic heterocycles. The van der Waals surface area contributed by atoms with Crippen LogP contribution in [0.5, 0.6) is 0 Å². The molecule has 2 atom stereocenters. The van der Waals surface area contributed by atoms with Crippen LogP contribution in [0.25, 0.3) is 0 Å². The summed E-state index contributed by atoms with van der Waals surface area (Å²) in [6, 6.07) is 10.2. The Morgan fingerprint density at radius 2 is 1.84 bits per heavy atom. The molecule has 0 saturated carbocycles. The van der Waals surface area contributed by atoms with E-state index in [2.05, 4.69) is 45.1 Å². The Kier molecular flexibility index (Phi) is 6.49. The Bertz CT molecular complexity index is 346. The van der Waals surface area contributed by atoms with E-state index in [9.17, 15) is 5.11 Å². The van der Waals surface area contributed by atoms with E-state index in [-0.39, 0.29) is 11.6 Å². The summed E-state index contributed by atoms with van der Waals surface area (Å²) < 4.78 is 5.83. The number of ether oxygens (including phenoxy) is 1. The van der Waals surface area contributed by atoms with E-state index in [1.54, 1.807) is 0 Å². The molecule has 0 spiro atoms. The molecule has 0 aliphatic rings. The minimum atomic E-state index is -0.419. The number of aliphatic hydroxyl groups excluding tert-OH is 1. The molecule has 1 rings (SSSR count). The molecule has 0 bridgehead atoms. The monoisotopic (exact) mass is 266 g/mol. The Hall–Kier alpha value is -0.900. The first-order chi connectivity index (χ1) is 8.92. The molecular formula is C16H28NO2+. The quantitative estimate of drug-likeness (QED) is 0.791. The fourth-order valence-electron chi connectivity index (χ4n) is 1.90. The van der Waals surface area contributed by atoms with Crippen LogP contribution in [-0.2, 0) is 4.74 Å². The van der Waals surface area contributed by atoms with Gasteiger partial charge in [-0.3, -0.25) is 0 Å². The van der Waals surface area contributed by atoms with E-state index in [4.69, 9.17) is 4.74 Å². The number of hydrogen-bond acceptors (Lipinski definition) is 2. The summed E-state index contributed by atoms with van der Waals surface area (Å²) in [5, 5.41) is 12.1. The van der Waals surface area contributed by atoms with Gasteiger partial charge in [0.05, 0.1) is 18.2 Å². The van der Waals surface area contributed by atoms with Crippen molar-refractivity contribution in [1.29, 1.82) is 0 Å². The van der Waals surface area contributed by atoms with Gasteiger partial charge in [-0.2, -0.15) is 0 Å². The van der Waals surface area contributed by atoms with Crippen molar-refractivity contribution in [3.8, 4) is 0 Å². The highest BCUT2D eigenvalue weighted by atomic mass is 16.5. The molecule has 0 aliphatic heterocycles. The molecule has 0 aliphatic carbocycles. The van der Waals surface area contributed by atoms with Crippen molar-refractivity contribution in [2.45, 2.75) is 51.9 Å². The van der Waals surface area contributed by atoms with Gasteiger partial charge in [0.2, 0.25) is 0 Å². The standard InChI is InChI=1S/C16H27NO2/c1-5-15(13-9-7-6-8-10-13)19-12-14(18)11-17-16(2,3)4/h6-10,14-15,17-18H,5,11-12H2,1-4H3/p+1/t14-,15-/m1/s1. The number of aliphatic hydroxyl groups is 1. The SMILES string of the molecule is CC[C@@H](OC[C@H](O)C[NH2+]C(C)(C)C)c1ccccc1. The number of quaternary nitrogens is 1. The van der Waals surface area contributed by atoms with Gasteiger partial charge in [-0.1, -0.05) is 37.3 Å². The summed E-state index contributed by atoms with van der Waals surface area (Å²) in [6.45, 7) is 9.58. The van der Waals surface area contributed by atoms with Crippen molar-refractivity contribution in [3.63, 3.8) is 0 Å². The summed E-state index contributed by atoms with van der Waals surface area (Å²) in [4.78, 5) is 0. The van der Waals surface area contributed by atoms with Gasteiger partial charge in [-0.15, -0.1) is 0 Å². The molecule has 0 unspecified atom stereocenters. The molecule has 0 amide bonds. The van der Waals surface area contributed by atoms with Gasteiger partial charge in [0.25, 0.3) is 0 Å². The maximum Gasteiger partial charge on any atom is 0.126 e. The molecule has 0 heterocycles. The molecule has 108 valence electrons. The third-order valence-corrected chi connectivity index (χ3v) is 3.03. The number of hydrogen-bond donors (Lipinski definition) is 2. The summed E-state index contributed by atoms with van der Waals surface area (Å²) in [5.74, 6) is 0. The van der Waals surface area contributed by atoms with E-state index in [1.165, 1.54) is 5.56 Å². The highest BCUT2D eigenvalue weighted by molar-refractivity contribution is 5.17. The second-order valence-corrected chi connectivity index (χ2v) is 6.10. The first kappa shape index (κ1) is 16.2. The van der Waals surface area contributed by atoms with Crippen molar-refractivity contribution in [2.24, 2.45) is 0 Å². The largest absolute Gasteiger partial charge is 0.385 e. The minimum Gasteiger partial charge on any atom is -0.385 e. The highest BCUT2D eigenvalue weighted by Crippen LogP contribution is 2.20. The summed E-state index contributed by atoms with van der Waals surface area (Å²) >= 11 is 0. The van der Waals surface area contributed by atoms with Crippen LogP contribution in [0.1, 0.15) is 45.8 Å². The first-order valence-corrected chi connectivity index (χ1v) is 7.11. The maximum absolute atomic E-state index is 9.95. The fraction of sp³-hybridized carbons (Fsp3) is 0.625. The lowest BCUT2D eigenvalue weighted by molar-refractivity contribution is -0.722. The Morgan fingerprint density at radius 1 is 1.21 bits per heavy atom. The van der Waals surface area contributed by atoms with Crippen LogP contribution in [0, 0.1) is 0 Å². The van der Waals surface area contributed by atoms with Crippen LogP contribution in [0.15, 0.2) is 30.3 Å². The van der Waals surface area contributed by atoms with Gasteiger partial charge >= 0.3 is 0 Å². The summed E-state index contributed by atoms with van der Waals surface area (Å²) in [6.07, 6.45) is 0.571. The smallest absolute Gasteiger partial charge is 0.126 e. The second-order valence-electron chi connectivity index (χ2n) is 6.10. The van der Waals surface area contributed by atoms with E-state index >= 15 is 0 Å². The third kappa shape index (κ3) is 6.71. The zero-order valence-corrected chi connectivity index (χ0v) is 12.6. The van der Waals surface area contributed by atoms with Crippen LogP contribution < -0.4 is 5.32 Å². The van der Waals surface area contributed by atoms with Crippen molar-refractivity contribution in [1.82, 2.24) is 0 Å². The molecule has 3 N–H and O–H groups in total. The van der Waals surface area contributed by atoms with Gasteiger partial charge in [-0.05, 0) is 32.8 Å². The Balaban J connectivity index is 2.37. The second kappa shape index (κ2) is 7.63. The van der Waals surface area contributed by atoms with Crippen molar-refractivity contribution >= 4 is 0 Å². The molecule has 0 fully saturated rings. The van der Waals surface area contributed by atoms with Gasteiger partial charge in [-0.25, -0.2) is 0 Å². The minimum absolute atomic E-state index is 0.0745. The molecule has 3 heteroatoms. The number of rotatable bonds is 7.